The summed E-state index contributed by atoms with van der Waals surface area (Å²) in [6.07, 6.45) is 0. The molecule has 0 spiro atoms. The highest BCUT2D eigenvalue weighted by atomic mass is 35.5. The molecule has 1 aromatic heterocycles. The van der Waals surface area contributed by atoms with Crippen molar-refractivity contribution in [2.75, 3.05) is 11.5 Å². The molecule has 2 atom stereocenters. The number of aromatic nitrogens is 4. The Morgan fingerprint density at radius 1 is 1.32 bits per heavy atom. The highest BCUT2D eigenvalue weighted by Crippen LogP contribution is 2.41. The molecule has 2 aliphatic heterocycles. The van der Waals surface area contributed by atoms with Gasteiger partial charge in [-0.15, -0.1) is 16.9 Å². The van der Waals surface area contributed by atoms with Gasteiger partial charge in [-0.3, -0.25) is 14.5 Å². The van der Waals surface area contributed by atoms with Gasteiger partial charge >= 0.3 is 11.9 Å². The third-order valence-electron chi connectivity index (χ3n) is 5.25. The van der Waals surface area contributed by atoms with E-state index in [1.807, 2.05) is 0 Å². The number of hydrogen-bond donors (Lipinski definition) is 3. The quantitative estimate of drug-likeness (QED) is 0.0902. The number of rotatable bonds is 9. The van der Waals surface area contributed by atoms with Crippen molar-refractivity contribution in [3.05, 3.63) is 41.1 Å². The van der Waals surface area contributed by atoms with E-state index in [4.69, 9.17) is 23.2 Å². The molecule has 1 aromatic carbocycles. The van der Waals surface area contributed by atoms with Crippen LogP contribution in [0.4, 0.5) is 0 Å². The fourth-order valence-corrected chi connectivity index (χ4v) is 5.89. The van der Waals surface area contributed by atoms with Crippen LogP contribution in [0.2, 0.25) is 0 Å². The number of benzene rings is 1. The Labute approximate surface area is 232 Å². The summed E-state index contributed by atoms with van der Waals surface area (Å²) in [6, 6.07) is 4.16. The SMILES string of the molecule is Cn1nnnc1SCC1=C(C(=O)O)N2C(=O)C(NC(=O)C(=NOC(=O)C(Cl)Cl)c3ccc(O)cc3)[C@@H]2SC1. The molecule has 0 saturated carbocycles. The molecule has 1 saturated heterocycles. The molecular weight excluding hydrogens is 585 g/mol. The summed E-state index contributed by atoms with van der Waals surface area (Å²) in [5.74, 6) is -3.52. The van der Waals surface area contributed by atoms with Gasteiger partial charge in [0.25, 0.3) is 11.8 Å². The lowest BCUT2D eigenvalue weighted by Crippen LogP contribution is -2.71. The second kappa shape index (κ2) is 11.6. The predicted molar refractivity (Wildman–Crippen MR) is 135 cm³/mol. The molecule has 1 unspecified atom stereocenters. The van der Waals surface area contributed by atoms with Gasteiger partial charge in [-0.1, -0.05) is 40.1 Å². The fraction of sp³-hybridized carbons (Fsp3) is 0.300. The molecule has 0 bridgehead atoms. The Morgan fingerprint density at radius 2 is 2.03 bits per heavy atom. The molecule has 2 aliphatic rings. The lowest BCUT2D eigenvalue weighted by molar-refractivity contribution is -0.150. The van der Waals surface area contributed by atoms with Gasteiger partial charge in [0, 0.05) is 24.1 Å². The average molecular weight is 602 g/mol. The van der Waals surface area contributed by atoms with Crippen LogP contribution in [-0.2, 0) is 31.1 Å². The number of carbonyl (C=O) groups excluding carboxylic acids is 3. The first-order valence-electron chi connectivity index (χ1n) is 10.5. The van der Waals surface area contributed by atoms with Gasteiger partial charge in [0.1, 0.15) is 22.9 Å². The predicted octanol–water partition coefficient (Wildman–Crippen LogP) is 0.498. The van der Waals surface area contributed by atoms with Gasteiger partial charge in [0.15, 0.2) is 5.71 Å². The largest absolute Gasteiger partial charge is 0.508 e. The first-order valence-corrected chi connectivity index (χ1v) is 13.4. The van der Waals surface area contributed by atoms with E-state index < -0.39 is 45.7 Å². The van der Waals surface area contributed by atoms with E-state index in [9.17, 15) is 29.4 Å². The number of amides is 2. The van der Waals surface area contributed by atoms with Gasteiger partial charge in [0.05, 0.1) is 0 Å². The topological polar surface area (TPSA) is 189 Å². The van der Waals surface area contributed by atoms with E-state index in [0.29, 0.717) is 10.7 Å². The summed E-state index contributed by atoms with van der Waals surface area (Å²) >= 11 is 13.4. The highest BCUT2D eigenvalue weighted by molar-refractivity contribution is 8.01. The van der Waals surface area contributed by atoms with Crippen molar-refractivity contribution >= 4 is 76.2 Å². The Morgan fingerprint density at radius 3 is 2.63 bits per heavy atom. The molecule has 0 radical (unpaired) electrons. The van der Waals surface area contributed by atoms with Crippen molar-refractivity contribution < 1.29 is 34.2 Å². The second-order valence-electron chi connectivity index (χ2n) is 7.69. The third-order valence-corrected chi connectivity index (χ3v) is 8.05. The van der Waals surface area contributed by atoms with Crippen LogP contribution >= 0.6 is 46.7 Å². The van der Waals surface area contributed by atoms with E-state index in [2.05, 4.69) is 30.8 Å². The van der Waals surface area contributed by atoms with Crippen molar-refractivity contribution in [1.82, 2.24) is 30.4 Å². The van der Waals surface area contributed by atoms with E-state index in [0.717, 1.165) is 4.90 Å². The Balaban J connectivity index is 1.52. The first kappa shape index (κ1) is 27.7. The first-order chi connectivity index (χ1) is 18.1. The van der Waals surface area contributed by atoms with Crippen LogP contribution in [0.5, 0.6) is 5.75 Å². The maximum Gasteiger partial charge on any atom is 0.367 e. The van der Waals surface area contributed by atoms with Crippen LogP contribution < -0.4 is 5.32 Å². The normalized spacial score (nSPS) is 19.2. The number of carboxylic acids is 1. The highest BCUT2D eigenvalue weighted by Gasteiger charge is 2.54. The van der Waals surface area contributed by atoms with Crippen LogP contribution in [0, 0.1) is 0 Å². The van der Waals surface area contributed by atoms with Crippen LogP contribution in [0.15, 0.2) is 45.8 Å². The molecule has 200 valence electrons. The van der Waals surface area contributed by atoms with Gasteiger partial charge in [-0.25, -0.2) is 14.3 Å². The number of phenolic OH excluding ortho intramolecular Hbond substituents is 1. The van der Waals surface area contributed by atoms with Crippen LogP contribution in [0.3, 0.4) is 0 Å². The summed E-state index contributed by atoms with van der Waals surface area (Å²) in [5.41, 5.74) is 0.0866. The summed E-state index contributed by atoms with van der Waals surface area (Å²) in [7, 11) is 1.65. The maximum absolute atomic E-state index is 13.1. The van der Waals surface area contributed by atoms with Gasteiger partial charge in [-0.05, 0) is 40.3 Å². The number of fused-ring (bicyclic) bond motifs is 1. The third kappa shape index (κ3) is 5.72. The lowest BCUT2D eigenvalue weighted by Gasteiger charge is -2.49. The number of halogens is 2. The molecule has 3 heterocycles. The summed E-state index contributed by atoms with van der Waals surface area (Å²) in [4.78, 5) is 54.0. The minimum Gasteiger partial charge on any atom is -0.508 e. The number of aliphatic carboxylic acids is 1. The van der Waals surface area contributed by atoms with Crippen molar-refractivity contribution in [3.8, 4) is 5.75 Å². The molecule has 2 aromatic rings. The minimum atomic E-state index is -1.55. The standard InChI is InChI=1S/C20H17Cl2N7O7S2/c1-28-20(24-26-27-28)38-7-9-6-37-17-12(16(32)29(17)13(9)18(33)34)23-15(31)11(25-36-19(35)14(21)22)8-2-4-10(30)5-3-8/h2-5,12,14,17,30H,6-7H2,1H3,(H,23,31)(H,33,34)/t12?,17-/m0/s1. The number of aromatic hydroxyl groups is 1. The smallest absolute Gasteiger partial charge is 0.367 e. The average Bonchev–Trinajstić information content (AvgIpc) is 3.30. The maximum atomic E-state index is 13.1. The van der Waals surface area contributed by atoms with Gasteiger partial charge < -0.3 is 20.4 Å². The van der Waals surface area contributed by atoms with Crippen molar-refractivity contribution in [2.45, 2.75) is 21.4 Å². The molecular formula is C20H17Cl2N7O7S2. The number of nitrogens with zero attached hydrogens (tertiary/aromatic N) is 6. The molecule has 3 N–H and O–H groups in total. The number of alkyl halides is 2. The number of carbonyl (C=O) groups is 4. The van der Waals surface area contributed by atoms with Crippen molar-refractivity contribution in [3.63, 3.8) is 0 Å². The Bertz CT molecular complexity index is 1350. The molecule has 2 amide bonds. The van der Waals surface area contributed by atoms with Crippen molar-refractivity contribution in [2.24, 2.45) is 12.2 Å². The summed E-state index contributed by atoms with van der Waals surface area (Å²) < 4.78 is 1.44. The number of aryl methyl sites for hydroxylation is 1. The summed E-state index contributed by atoms with van der Waals surface area (Å²) in [6.45, 7) is 0. The number of carboxylic acid groups (broad SMARTS) is 1. The molecule has 0 aliphatic carbocycles. The number of β-lactam (4-membered cyclic amide) rings is 1. The molecule has 1 fully saturated rings. The molecule has 38 heavy (non-hydrogen) atoms. The van der Waals surface area contributed by atoms with E-state index in [1.54, 1.807) is 7.05 Å². The zero-order chi connectivity index (χ0) is 27.6. The monoisotopic (exact) mass is 601 g/mol. The second-order valence-corrected chi connectivity index (χ2v) is 10.8. The number of nitrogens with one attached hydrogen (secondary N) is 1. The van der Waals surface area contributed by atoms with Gasteiger partial charge in [0.2, 0.25) is 9.99 Å². The van der Waals surface area contributed by atoms with Crippen LogP contribution in [0.25, 0.3) is 0 Å². The number of thioether (sulfide) groups is 2. The zero-order valence-corrected chi connectivity index (χ0v) is 22.3. The van der Waals surface area contributed by atoms with E-state index in [1.165, 1.54) is 52.5 Å². The molecule has 4 rings (SSSR count). The van der Waals surface area contributed by atoms with Crippen LogP contribution in [0.1, 0.15) is 5.56 Å². The van der Waals surface area contributed by atoms with Gasteiger partial charge in [-0.2, -0.15) is 0 Å². The molecule has 18 heteroatoms. The number of phenols is 1. The van der Waals surface area contributed by atoms with Crippen molar-refractivity contribution in [1.29, 1.82) is 0 Å². The Kier molecular flexibility index (Phi) is 8.44. The number of hydrogen-bond acceptors (Lipinski definition) is 12. The summed E-state index contributed by atoms with van der Waals surface area (Å²) in [5, 5.41) is 36.3. The Hall–Kier alpha value is -3.34. The minimum absolute atomic E-state index is 0.0899. The fourth-order valence-electron chi connectivity index (χ4n) is 3.47. The lowest BCUT2D eigenvalue weighted by atomic mass is 10.0. The zero-order valence-electron chi connectivity index (χ0n) is 19.1. The molecule has 14 nitrogen and oxygen atoms in total. The van der Waals surface area contributed by atoms with Crippen LogP contribution in [-0.4, -0.2) is 92.5 Å². The van der Waals surface area contributed by atoms with E-state index >= 15 is 0 Å². The number of tetrazole rings is 1. The van der Waals surface area contributed by atoms with E-state index in [-0.39, 0.29) is 28.5 Å². The number of oxime groups is 1.